The van der Waals surface area contributed by atoms with Crippen molar-refractivity contribution in [3.8, 4) is 11.5 Å². The summed E-state index contributed by atoms with van der Waals surface area (Å²) in [6.07, 6.45) is 1.50. The number of fused-ring (bicyclic) bond motifs is 3. The average Bonchev–Trinajstić information content (AvgIpc) is 2.63. The Morgan fingerprint density at radius 2 is 1.87 bits per heavy atom. The van der Waals surface area contributed by atoms with Crippen molar-refractivity contribution in [2.75, 3.05) is 34.3 Å². The number of carbonyl (C=O) groups excluding carboxylic acids is 2. The molecule has 0 fully saturated rings. The maximum Gasteiger partial charge on any atom is 0.336 e. The molecule has 0 atom stereocenters. The van der Waals surface area contributed by atoms with Crippen molar-refractivity contribution in [1.29, 1.82) is 0 Å². The number of aryl methyl sites for hydroxylation is 2. The molecule has 3 rings (SSSR count). The molecule has 8 nitrogen and oxygen atoms in total. The van der Waals surface area contributed by atoms with Crippen LogP contribution in [0.2, 0.25) is 0 Å². The van der Waals surface area contributed by atoms with Crippen molar-refractivity contribution in [2.45, 2.75) is 39.2 Å². The third-order valence-electron chi connectivity index (χ3n) is 5.25. The second-order valence-electron chi connectivity index (χ2n) is 8.49. The Morgan fingerprint density at radius 3 is 2.53 bits per heavy atom. The Balaban J connectivity index is 1.93. The fourth-order valence-corrected chi connectivity index (χ4v) is 3.42. The molecule has 0 N–H and O–H groups in total. The van der Waals surface area contributed by atoms with Gasteiger partial charge in [-0.3, -0.25) is 9.59 Å². The van der Waals surface area contributed by atoms with Crippen LogP contribution in [0.15, 0.2) is 21.3 Å². The first kappa shape index (κ1) is 21.7. The molecule has 0 unspecified atom stereocenters. The first-order valence-electron chi connectivity index (χ1n) is 9.85. The van der Waals surface area contributed by atoms with Crippen LogP contribution in [0.25, 0.3) is 11.0 Å². The summed E-state index contributed by atoms with van der Waals surface area (Å²) in [6.45, 7) is 5.49. The van der Waals surface area contributed by atoms with Crippen LogP contribution >= 0.6 is 0 Å². The highest BCUT2D eigenvalue weighted by Gasteiger charge is 2.30. The maximum atomic E-state index is 12.5. The van der Waals surface area contributed by atoms with Gasteiger partial charge < -0.3 is 23.7 Å². The molecule has 162 valence electrons. The molecule has 8 heteroatoms. The van der Waals surface area contributed by atoms with Crippen molar-refractivity contribution >= 4 is 22.8 Å². The summed E-state index contributed by atoms with van der Waals surface area (Å²) < 4.78 is 17.5. The molecule has 2 amide bonds. The average molecular weight is 416 g/mol. The van der Waals surface area contributed by atoms with E-state index in [1.807, 2.05) is 13.8 Å². The van der Waals surface area contributed by atoms with Crippen LogP contribution in [0.5, 0.6) is 11.5 Å². The van der Waals surface area contributed by atoms with E-state index in [0.717, 1.165) is 12.0 Å². The molecular weight excluding hydrogens is 388 g/mol. The Hall–Kier alpha value is -3.03. The molecule has 0 radical (unpaired) electrons. The van der Waals surface area contributed by atoms with E-state index in [1.165, 1.54) is 15.9 Å². The van der Waals surface area contributed by atoms with Gasteiger partial charge in [-0.2, -0.15) is 0 Å². The minimum absolute atomic E-state index is 0.0364. The Bertz CT molecular complexity index is 1050. The quantitative estimate of drug-likeness (QED) is 0.694. The number of benzene rings is 1. The third kappa shape index (κ3) is 4.42. The summed E-state index contributed by atoms with van der Waals surface area (Å²) in [4.78, 5) is 39.0. The minimum Gasteiger partial charge on any atom is -0.487 e. The van der Waals surface area contributed by atoms with E-state index in [9.17, 15) is 14.4 Å². The predicted octanol–water partition coefficient (Wildman–Crippen LogP) is 2.13. The van der Waals surface area contributed by atoms with Gasteiger partial charge in [-0.1, -0.05) is 0 Å². The fraction of sp³-hybridized carbons (Fsp3) is 0.500. The molecule has 0 bridgehead atoms. The summed E-state index contributed by atoms with van der Waals surface area (Å²) in [5, 5.41) is 0.650. The van der Waals surface area contributed by atoms with Crippen LogP contribution in [0, 0.1) is 6.92 Å². The number of hydrogen-bond acceptors (Lipinski definition) is 6. The first-order valence-corrected chi connectivity index (χ1v) is 9.85. The monoisotopic (exact) mass is 416 g/mol. The van der Waals surface area contributed by atoms with Gasteiger partial charge in [-0.05, 0) is 39.2 Å². The summed E-state index contributed by atoms with van der Waals surface area (Å²) in [7, 11) is 4.82. The van der Waals surface area contributed by atoms with Gasteiger partial charge in [0, 0.05) is 38.8 Å². The Morgan fingerprint density at radius 1 is 1.17 bits per heavy atom. The molecule has 1 aliphatic heterocycles. The van der Waals surface area contributed by atoms with Crippen molar-refractivity contribution in [3.63, 3.8) is 0 Å². The van der Waals surface area contributed by atoms with Crippen molar-refractivity contribution in [1.82, 2.24) is 9.80 Å². The number of amides is 2. The number of rotatable bonds is 5. The van der Waals surface area contributed by atoms with Crippen LogP contribution in [-0.4, -0.2) is 61.5 Å². The molecular formula is C22H28N2O6. The van der Waals surface area contributed by atoms with E-state index in [-0.39, 0.29) is 30.6 Å². The van der Waals surface area contributed by atoms with Crippen LogP contribution in [0.4, 0.5) is 0 Å². The zero-order chi connectivity index (χ0) is 22.2. The topological polar surface area (TPSA) is 89.3 Å². The van der Waals surface area contributed by atoms with Crippen molar-refractivity contribution < 1.29 is 23.5 Å². The largest absolute Gasteiger partial charge is 0.487 e. The van der Waals surface area contributed by atoms with Crippen LogP contribution < -0.4 is 15.1 Å². The highest BCUT2D eigenvalue weighted by Crippen LogP contribution is 2.42. The van der Waals surface area contributed by atoms with Gasteiger partial charge in [0.25, 0.3) is 5.91 Å². The highest BCUT2D eigenvalue weighted by molar-refractivity contribution is 5.92. The molecule has 1 aromatic heterocycles. The van der Waals surface area contributed by atoms with Gasteiger partial charge in [0.15, 0.2) is 6.61 Å². The lowest BCUT2D eigenvalue weighted by atomic mass is 9.92. The second-order valence-corrected chi connectivity index (χ2v) is 8.49. The number of hydrogen-bond donors (Lipinski definition) is 0. The minimum atomic E-state index is -0.442. The first-order chi connectivity index (χ1) is 14.0. The van der Waals surface area contributed by atoms with E-state index in [0.29, 0.717) is 34.5 Å². The van der Waals surface area contributed by atoms with Crippen molar-refractivity contribution in [2.24, 2.45) is 0 Å². The van der Waals surface area contributed by atoms with Gasteiger partial charge in [-0.15, -0.1) is 0 Å². The van der Waals surface area contributed by atoms with Gasteiger partial charge in [0.2, 0.25) is 5.91 Å². The second kappa shape index (κ2) is 8.01. The normalized spacial score (nSPS) is 14.6. The SMILES string of the molecule is Cc1cc(=O)oc2c3c(cc(OCC(=O)N(C)CC(=O)N(C)C)c12)OC(C)(C)CC3. The smallest absolute Gasteiger partial charge is 0.336 e. The zero-order valence-electron chi connectivity index (χ0n) is 18.3. The van der Waals surface area contributed by atoms with Gasteiger partial charge in [0.1, 0.15) is 22.7 Å². The Kier molecular flexibility index (Phi) is 5.78. The van der Waals surface area contributed by atoms with E-state index in [2.05, 4.69) is 0 Å². The predicted molar refractivity (Wildman–Crippen MR) is 112 cm³/mol. The molecule has 1 aliphatic rings. The van der Waals surface area contributed by atoms with Gasteiger partial charge in [0.05, 0.1) is 11.9 Å². The molecule has 2 aromatic rings. The fourth-order valence-electron chi connectivity index (χ4n) is 3.42. The lowest BCUT2D eigenvalue weighted by Gasteiger charge is -2.33. The Labute approximate surface area is 175 Å². The molecule has 0 saturated heterocycles. The molecule has 0 saturated carbocycles. The lowest BCUT2D eigenvalue weighted by Crippen LogP contribution is -2.39. The van der Waals surface area contributed by atoms with E-state index in [4.69, 9.17) is 13.9 Å². The molecule has 0 spiro atoms. The van der Waals surface area contributed by atoms with E-state index >= 15 is 0 Å². The number of likely N-dealkylation sites (N-methyl/N-ethyl adjacent to an activating group) is 2. The molecule has 30 heavy (non-hydrogen) atoms. The highest BCUT2D eigenvalue weighted by atomic mass is 16.5. The zero-order valence-corrected chi connectivity index (χ0v) is 18.3. The van der Waals surface area contributed by atoms with Crippen LogP contribution in [0.1, 0.15) is 31.4 Å². The van der Waals surface area contributed by atoms with Crippen LogP contribution in [-0.2, 0) is 16.0 Å². The molecule has 0 aliphatic carbocycles. The van der Waals surface area contributed by atoms with E-state index in [1.54, 1.807) is 34.1 Å². The summed E-state index contributed by atoms with van der Waals surface area (Å²) in [5.74, 6) is 0.472. The number of nitrogens with zero attached hydrogens (tertiary/aromatic N) is 2. The molecule has 2 heterocycles. The van der Waals surface area contributed by atoms with E-state index < -0.39 is 5.63 Å². The van der Waals surface area contributed by atoms with Gasteiger partial charge in [-0.25, -0.2) is 4.79 Å². The summed E-state index contributed by atoms with van der Waals surface area (Å²) in [6, 6.07) is 3.16. The summed E-state index contributed by atoms with van der Waals surface area (Å²) >= 11 is 0. The number of ether oxygens (including phenoxy) is 2. The summed E-state index contributed by atoms with van der Waals surface area (Å²) in [5.41, 5.74) is 1.17. The standard InChI is InChI=1S/C22H28N2O6/c1-13-9-19(27)29-21-14-7-8-22(2,3)30-15(14)10-16(20(13)21)28-12-18(26)24(6)11-17(25)23(4)5/h9-10H,7-8,11-12H2,1-6H3. The maximum absolute atomic E-state index is 12.5. The third-order valence-corrected chi connectivity index (χ3v) is 5.25. The van der Waals surface area contributed by atoms with Crippen molar-refractivity contribution in [3.05, 3.63) is 33.7 Å². The lowest BCUT2D eigenvalue weighted by molar-refractivity contribution is -0.139. The van der Waals surface area contributed by atoms with Crippen LogP contribution in [0.3, 0.4) is 0 Å². The number of carbonyl (C=O) groups is 2. The van der Waals surface area contributed by atoms with Gasteiger partial charge >= 0.3 is 5.63 Å². The molecule has 1 aromatic carbocycles.